The summed E-state index contributed by atoms with van der Waals surface area (Å²) in [7, 11) is 1.68. The van der Waals surface area contributed by atoms with Crippen molar-refractivity contribution in [3.8, 4) is 0 Å². The van der Waals surface area contributed by atoms with Crippen LogP contribution in [-0.4, -0.2) is 70.5 Å². The topological polar surface area (TPSA) is 140 Å². The lowest BCUT2D eigenvalue weighted by Gasteiger charge is -2.32. The van der Waals surface area contributed by atoms with Crippen LogP contribution >= 0.6 is 0 Å². The van der Waals surface area contributed by atoms with Crippen LogP contribution in [0.1, 0.15) is 84.6 Å². The molecule has 0 saturated carbocycles. The lowest BCUT2D eigenvalue weighted by molar-refractivity contribution is -0.138. The lowest BCUT2D eigenvalue weighted by Crippen LogP contribution is -2.56. The Kier molecular flexibility index (Phi) is 12.1. The maximum atomic E-state index is 14.0. The molecule has 1 fully saturated rings. The van der Waals surface area contributed by atoms with Crippen molar-refractivity contribution in [2.45, 2.75) is 110 Å². The van der Waals surface area contributed by atoms with Gasteiger partial charge < -0.3 is 25.8 Å². The maximum absolute atomic E-state index is 14.0. The Morgan fingerprint density at radius 1 is 0.976 bits per heavy atom. The van der Waals surface area contributed by atoms with Crippen LogP contribution < -0.4 is 16.0 Å². The highest BCUT2D eigenvalue weighted by atomic mass is 16.2. The standard InChI is InChI=1S/C32H47N5O5/c1-6-24(38)12-8-7-9-15-27-31(41)36-28(17-22-19-33-26-14-11-10-13-25(22)26)32(42)37(5)23(16-20(2)3)18-29(39)34-21(4)30(40)35-27/h10-11,13-14,19-21,23,27-28,33H,6-9,12,15-18H2,1-5H3,(H,34,39)(H,35,40)(H,36,41)/t21-,23-,27-,28-/m0/s1. The molecule has 1 aromatic carbocycles. The molecule has 0 spiro atoms. The van der Waals surface area contributed by atoms with Crippen LogP contribution in [0.25, 0.3) is 10.9 Å². The number of hydrogen-bond donors (Lipinski definition) is 4. The second kappa shape index (κ2) is 15.5. The third kappa shape index (κ3) is 9.16. The van der Waals surface area contributed by atoms with Crippen molar-refractivity contribution in [1.82, 2.24) is 25.8 Å². The fourth-order valence-corrected chi connectivity index (χ4v) is 5.51. The van der Waals surface area contributed by atoms with Gasteiger partial charge in [0.2, 0.25) is 23.6 Å². The van der Waals surface area contributed by atoms with E-state index in [4.69, 9.17) is 0 Å². The molecule has 0 bridgehead atoms. The first-order valence-corrected chi connectivity index (χ1v) is 15.2. The molecule has 1 aliphatic heterocycles. The molecule has 0 aliphatic carbocycles. The number of carbonyl (C=O) groups is 5. The number of likely N-dealkylation sites (N-methyl/N-ethyl adjacent to an activating group) is 1. The van der Waals surface area contributed by atoms with E-state index in [1.165, 1.54) is 0 Å². The van der Waals surface area contributed by atoms with E-state index in [0.29, 0.717) is 38.5 Å². The number of H-pyrrole nitrogens is 1. The number of aromatic amines is 1. The highest BCUT2D eigenvalue weighted by Gasteiger charge is 2.34. The predicted molar refractivity (Wildman–Crippen MR) is 162 cm³/mol. The van der Waals surface area contributed by atoms with Crippen LogP contribution in [0, 0.1) is 5.92 Å². The van der Waals surface area contributed by atoms with Crippen molar-refractivity contribution in [3.63, 3.8) is 0 Å². The third-order valence-electron chi connectivity index (χ3n) is 8.02. The molecular formula is C32H47N5O5. The van der Waals surface area contributed by atoms with Gasteiger partial charge in [-0.2, -0.15) is 0 Å². The first-order valence-electron chi connectivity index (χ1n) is 15.2. The van der Waals surface area contributed by atoms with Gasteiger partial charge in [-0.05, 0) is 43.7 Å². The third-order valence-corrected chi connectivity index (χ3v) is 8.02. The van der Waals surface area contributed by atoms with E-state index in [1.807, 2.05) is 51.2 Å². The van der Waals surface area contributed by atoms with Crippen LogP contribution in [0.5, 0.6) is 0 Å². The van der Waals surface area contributed by atoms with Gasteiger partial charge in [-0.3, -0.25) is 24.0 Å². The van der Waals surface area contributed by atoms with Crippen molar-refractivity contribution < 1.29 is 24.0 Å². The van der Waals surface area contributed by atoms with E-state index in [9.17, 15) is 24.0 Å². The second-order valence-electron chi connectivity index (χ2n) is 11.9. The van der Waals surface area contributed by atoms with Gasteiger partial charge in [0.05, 0.1) is 0 Å². The summed E-state index contributed by atoms with van der Waals surface area (Å²) in [5.41, 5.74) is 1.81. The molecule has 1 aromatic heterocycles. The van der Waals surface area contributed by atoms with Crippen molar-refractivity contribution in [2.24, 2.45) is 5.92 Å². The Balaban J connectivity index is 1.91. The molecule has 2 heterocycles. The minimum atomic E-state index is -0.904. The number of fused-ring (bicyclic) bond motifs is 1. The number of rotatable bonds is 11. The molecule has 0 unspecified atom stereocenters. The average molecular weight is 582 g/mol. The Hall–Kier alpha value is -3.69. The molecule has 10 nitrogen and oxygen atoms in total. The minimum Gasteiger partial charge on any atom is -0.361 e. The molecular weight excluding hydrogens is 534 g/mol. The van der Waals surface area contributed by atoms with Crippen molar-refractivity contribution in [2.75, 3.05) is 7.05 Å². The molecule has 1 saturated heterocycles. The first kappa shape index (κ1) is 32.8. The number of aromatic nitrogens is 1. The summed E-state index contributed by atoms with van der Waals surface area (Å²) in [6, 6.07) is 4.72. The number of unbranched alkanes of at least 4 members (excludes halogenated alkanes) is 2. The molecule has 4 atom stereocenters. The fraction of sp³-hybridized carbons (Fsp3) is 0.594. The number of ketones is 1. The Labute approximate surface area is 248 Å². The lowest BCUT2D eigenvalue weighted by atomic mass is 9.97. The number of nitrogens with zero attached hydrogens (tertiary/aromatic N) is 1. The summed E-state index contributed by atoms with van der Waals surface area (Å²) in [4.78, 5) is 70.3. The van der Waals surface area contributed by atoms with Crippen LogP contribution in [0.2, 0.25) is 0 Å². The molecule has 230 valence electrons. The Morgan fingerprint density at radius 3 is 2.40 bits per heavy atom. The van der Waals surface area contributed by atoms with E-state index in [2.05, 4.69) is 20.9 Å². The quantitative estimate of drug-likeness (QED) is 0.301. The van der Waals surface area contributed by atoms with Gasteiger partial charge in [0.15, 0.2) is 0 Å². The zero-order valence-corrected chi connectivity index (χ0v) is 25.6. The first-order chi connectivity index (χ1) is 20.0. The van der Waals surface area contributed by atoms with Gasteiger partial charge in [0, 0.05) is 55.9 Å². The van der Waals surface area contributed by atoms with E-state index in [1.54, 1.807) is 18.9 Å². The van der Waals surface area contributed by atoms with Crippen LogP contribution in [-0.2, 0) is 30.4 Å². The highest BCUT2D eigenvalue weighted by Crippen LogP contribution is 2.22. The number of Topliss-reactive ketones (excluding diaryl/α,β-unsaturated/α-hetero) is 1. The number of nitrogens with one attached hydrogen (secondary N) is 4. The van der Waals surface area contributed by atoms with E-state index in [-0.39, 0.29) is 36.4 Å². The zero-order chi connectivity index (χ0) is 30.8. The van der Waals surface area contributed by atoms with E-state index >= 15 is 0 Å². The molecule has 3 rings (SSSR count). The minimum absolute atomic E-state index is 0.0473. The van der Waals surface area contributed by atoms with Crippen molar-refractivity contribution in [1.29, 1.82) is 0 Å². The van der Waals surface area contributed by atoms with Crippen LogP contribution in [0.4, 0.5) is 0 Å². The van der Waals surface area contributed by atoms with Crippen molar-refractivity contribution >= 4 is 40.3 Å². The molecule has 10 heteroatoms. The molecule has 2 aromatic rings. The number of amides is 4. The summed E-state index contributed by atoms with van der Waals surface area (Å²) in [5, 5.41) is 9.46. The summed E-state index contributed by atoms with van der Waals surface area (Å²) in [6.07, 6.45) is 6.14. The van der Waals surface area contributed by atoms with E-state index < -0.39 is 36.0 Å². The average Bonchev–Trinajstić information content (AvgIpc) is 3.36. The van der Waals surface area contributed by atoms with Crippen LogP contribution in [0.3, 0.4) is 0 Å². The molecule has 1 aliphatic rings. The predicted octanol–water partition coefficient (Wildman–Crippen LogP) is 3.39. The fourth-order valence-electron chi connectivity index (χ4n) is 5.51. The summed E-state index contributed by atoms with van der Waals surface area (Å²) >= 11 is 0. The normalized spacial score (nSPS) is 22.7. The smallest absolute Gasteiger partial charge is 0.245 e. The SMILES string of the molecule is CCC(=O)CCCCC[C@@H]1NC(=O)[C@H](C)NC(=O)C[C@H](CC(C)C)N(C)C(=O)[C@H](Cc2c[nH]c3ccccc23)NC1=O. The van der Waals surface area contributed by atoms with Gasteiger partial charge >= 0.3 is 0 Å². The number of hydrogen-bond acceptors (Lipinski definition) is 5. The highest BCUT2D eigenvalue weighted by molar-refractivity contribution is 5.95. The summed E-state index contributed by atoms with van der Waals surface area (Å²) < 4.78 is 0. The monoisotopic (exact) mass is 581 g/mol. The number of benzene rings is 1. The van der Waals surface area contributed by atoms with E-state index in [0.717, 1.165) is 22.9 Å². The van der Waals surface area contributed by atoms with Gasteiger partial charge in [0.1, 0.15) is 23.9 Å². The molecule has 0 radical (unpaired) electrons. The summed E-state index contributed by atoms with van der Waals surface area (Å²) in [5.74, 6) is -1.11. The van der Waals surface area contributed by atoms with Crippen molar-refractivity contribution in [3.05, 3.63) is 36.0 Å². The largest absolute Gasteiger partial charge is 0.361 e. The van der Waals surface area contributed by atoms with Gasteiger partial charge in [-0.25, -0.2) is 0 Å². The Morgan fingerprint density at radius 2 is 1.69 bits per heavy atom. The second-order valence-corrected chi connectivity index (χ2v) is 11.9. The number of carbonyl (C=O) groups excluding carboxylic acids is 5. The Bertz CT molecular complexity index is 1250. The molecule has 4 amide bonds. The van der Waals surface area contributed by atoms with Gasteiger partial charge in [-0.1, -0.05) is 51.8 Å². The van der Waals surface area contributed by atoms with Gasteiger partial charge in [-0.15, -0.1) is 0 Å². The van der Waals surface area contributed by atoms with Gasteiger partial charge in [0.25, 0.3) is 0 Å². The summed E-state index contributed by atoms with van der Waals surface area (Å²) in [6.45, 7) is 7.49. The molecule has 42 heavy (non-hydrogen) atoms. The van der Waals surface area contributed by atoms with Crippen LogP contribution in [0.15, 0.2) is 30.5 Å². The maximum Gasteiger partial charge on any atom is 0.245 e. The zero-order valence-electron chi connectivity index (χ0n) is 25.6. The molecule has 4 N–H and O–H groups in total. The number of para-hydroxylation sites is 1.